The number of carboxylic acid groups (broad SMARTS) is 1. The molecule has 0 saturated heterocycles. The Morgan fingerprint density at radius 2 is 1.62 bits per heavy atom. The van der Waals surface area contributed by atoms with E-state index in [1.165, 1.54) is 4.90 Å². The number of rotatable bonds is 11. The largest absolute Gasteiger partial charge is 0.480 e. The lowest BCUT2D eigenvalue weighted by Crippen LogP contribution is -2.45. The molecule has 2 amide bonds. The Bertz CT molecular complexity index is 976. The van der Waals surface area contributed by atoms with Gasteiger partial charge in [-0.2, -0.15) is 0 Å². The second kappa shape index (κ2) is 11.7. The van der Waals surface area contributed by atoms with Crippen LogP contribution < -0.4 is 5.32 Å². The van der Waals surface area contributed by atoms with Crippen molar-refractivity contribution < 1.29 is 24.2 Å². The third kappa shape index (κ3) is 5.95. The molecule has 0 radical (unpaired) electrons. The molecule has 0 spiro atoms. The fraction of sp³-hybridized carbons (Fsp3) is 0.444. The van der Waals surface area contributed by atoms with Crippen molar-refractivity contribution >= 4 is 18.0 Å². The number of carbonyl (C=O) groups is 3. The average Bonchev–Trinajstić information content (AvgIpc) is 3.14. The molecule has 0 aliphatic heterocycles. The van der Waals surface area contributed by atoms with Crippen LogP contribution >= 0.6 is 0 Å². The zero-order valence-electron chi connectivity index (χ0n) is 20.1. The van der Waals surface area contributed by atoms with E-state index in [4.69, 9.17) is 4.74 Å². The number of ether oxygens (including phenoxy) is 1. The van der Waals surface area contributed by atoms with E-state index in [0.717, 1.165) is 28.7 Å². The zero-order valence-corrected chi connectivity index (χ0v) is 20.1. The third-order valence-electron chi connectivity index (χ3n) is 6.47. The van der Waals surface area contributed by atoms with Crippen LogP contribution in [-0.2, 0) is 14.3 Å². The monoisotopic (exact) mass is 466 g/mol. The minimum Gasteiger partial charge on any atom is -0.480 e. The van der Waals surface area contributed by atoms with Gasteiger partial charge in [0.1, 0.15) is 13.2 Å². The Balaban J connectivity index is 1.63. The normalized spacial score (nSPS) is 14.0. The van der Waals surface area contributed by atoms with Crippen LogP contribution in [0.2, 0.25) is 0 Å². The zero-order chi connectivity index (χ0) is 24.7. The van der Waals surface area contributed by atoms with Gasteiger partial charge in [-0.15, -0.1) is 0 Å². The molecule has 1 aliphatic carbocycles. The summed E-state index contributed by atoms with van der Waals surface area (Å²) in [6.07, 6.45) is 1.48. The second-order valence-corrected chi connectivity index (χ2v) is 8.83. The molecule has 0 heterocycles. The van der Waals surface area contributed by atoms with E-state index in [1.54, 1.807) is 0 Å². The Morgan fingerprint density at radius 1 is 1.03 bits per heavy atom. The summed E-state index contributed by atoms with van der Waals surface area (Å²) in [4.78, 5) is 38.1. The van der Waals surface area contributed by atoms with Crippen molar-refractivity contribution in [3.63, 3.8) is 0 Å². The van der Waals surface area contributed by atoms with Crippen LogP contribution in [0, 0.1) is 0 Å². The van der Waals surface area contributed by atoms with Crippen LogP contribution in [0.1, 0.15) is 63.5 Å². The molecule has 34 heavy (non-hydrogen) atoms. The molecule has 1 aliphatic rings. The molecule has 1 unspecified atom stereocenters. The predicted octanol–water partition coefficient (Wildman–Crippen LogP) is 4.80. The Morgan fingerprint density at radius 3 is 2.15 bits per heavy atom. The van der Waals surface area contributed by atoms with Crippen molar-refractivity contribution in [1.82, 2.24) is 10.2 Å². The van der Waals surface area contributed by atoms with E-state index in [0.29, 0.717) is 12.8 Å². The van der Waals surface area contributed by atoms with Gasteiger partial charge in [0.2, 0.25) is 5.91 Å². The van der Waals surface area contributed by atoms with Crippen molar-refractivity contribution in [1.29, 1.82) is 0 Å². The predicted molar refractivity (Wildman–Crippen MR) is 131 cm³/mol. The van der Waals surface area contributed by atoms with Gasteiger partial charge in [0.15, 0.2) is 0 Å². The maximum absolute atomic E-state index is 12.9. The lowest BCUT2D eigenvalue weighted by atomic mass is 9.98. The van der Waals surface area contributed by atoms with Crippen molar-refractivity contribution in [2.45, 2.75) is 64.5 Å². The number of alkyl carbamates (subject to hydrolysis) is 1. The molecule has 7 nitrogen and oxygen atoms in total. The first kappa shape index (κ1) is 25.3. The number of carboxylic acids is 1. The Labute approximate surface area is 201 Å². The van der Waals surface area contributed by atoms with Gasteiger partial charge >= 0.3 is 12.1 Å². The minimum absolute atomic E-state index is 0.0374. The van der Waals surface area contributed by atoms with Crippen LogP contribution in [0.25, 0.3) is 11.1 Å². The van der Waals surface area contributed by atoms with Gasteiger partial charge in [0.25, 0.3) is 0 Å². The first-order chi connectivity index (χ1) is 16.3. The fourth-order valence-corrected chi connectivity index (χ4v) is 4.56. The molecule has 0 saturated carbocycles. The summed E-state index contributed by atoms with van der Waals surface area (Å²) < 4.78 is 5.62. The van der Waals surface area contributed by atoms with E-state index in [2.05, 4.69) is 29.6 Å². The number of hydrogen-bond acceptors (Lipinski definition) is 4. The second-order valence-electron chi connectivity index (χ2n) is 8.83. The molecule has 2 atom stereocenters. The van der Waals surface area contributed by atoms with E-state index < -0.39 is 18.1 Å². The van der Waals surface area contributed by atoms with Crippen LogP contribution in [0.3, 0.4) is 0 Å². The third-order valence-corrected chi connectivity index (χ3v) is 6.47. The molecule has 2 N–H and O–H groups in total. The topological polar surface area (TPSA) is 95.9 Å². The molecule has 7 heteroatoms. The number of carbonyl (C=O) groups excluding carboxylic acids is 2. The van der Waals surface area contributed by atoms with Crippen molar-refractivity contribution in [2.75, 3.05) is 13.2 Å². The summed E-state index contributed by atoms with van der Waals surface area (Å²) in [7, 11) is 0. The van der Waals surface area contributed by atoms with Gasteiger partial charge in [-0.25, -0.2) is 4.79 Å². The van der Waals surface area contributed by atoms with Crippen molar-refractivity contribution in [2.24, 2.45) is 0 Å². The summed E-state index contributed by atoms with van der Waals surface area (Å²) >= 11 is 0. The summed E-state index contributed by atoms with van der Waals surface area (Å²) in [6, 6.07) is 15.7. The summed E-state index contributed by atoms with van der Waals surface area (Å²) in [6.45, 7) is 5.56. The highest BCUT2D eigenvalue weighted by atomic mass is 16.5. The van der Waals surface area contributed by atoms with Crippen molar-refractivity contribution in [3.05, 3.63) is 59.7 Å². The van der Waals surface area contributed by atoms with Crippen LogP contribution in [0.5, 0.6) is 0 Å². The summed E-state index contributed by atoms with van der Waals surface area (Å²) in [5.41, 5.74) is 4.58. The highest BCUT2D eigenvalue weighted by Gasteiger charge is 2.30. The van der Waals surface area contributed by atoms with Crippen LogP contribution in [-0.4, -0.2) is 53.2 Å². The molecule has 0 bridgehead atoms. The van der Waals surface area contributed by atoms with E-state index in [9.17, 15) is 19.5 Å². The first-order valence-corrected chi connectivity index (χ1v) is 12.0. The molecular weight excluding hydrogens is 432 g/mol. The van der Waals surface area contributed by atoms with Gasteiger partial charge in [-0.3, -0.25) is 9.59 Å². The van der Waals surface area contributed by atoms with Gasteiger partial charge in [-0.05, 0) is 42.0 Å². The number of hydrogen-bond donors (Lipinski definition) is 2. The summed E-state index contributed by atoms with van der Waals surface area (Å²) in [5.74, 6) is -1.37. The Kier molecular flexibility index (Phi) is 8.68. The highest BCUT2D eigenvalue weighted by Crippen LogP contribution is 2.44. The maximum Gasteiger partial charge on any atom is 0.407 e. The Hall–Kier alpha value is -3.35. The fourth-order valence-electron chi connectivity index (χ4n) is 4.56. The van der Waals surface area contributed by atoms with Gasteiger partial charge < -0.3 is 20.1 Å². The number of fused-ring (bicyclic) bond motifs is 3. The minimum atomic E-state index is -1.05. The SMILES string of the molecule is CCC[C@H](CC(=O)N(CC(=O)O)C(C)CC)NC(=O)OCC1c2ccccc2-c2ccccc21. The number of benzene rings is 2. The molecule has 3 rings (SSSR count). The van der Waals surface area contributed by atoms with Crippen LogP contribution in [0.4, 0.5) is 4.79 Å². The van der Waals surface area contributed by atoms with Crippen molar-refractivity contribution in [3.8, 4) is 11.1 Å². The first-order valence-electron chi connectivity index (χ1n) is 12.0. The van der Waals surface area contributed by atoms with E-state index in [1.807, 2.05) is 45.0 Å². The van der Waals surface area contributed by atoms with E-state index in [-0.39, 0.29) is 37.4 Å². The number of amides is 2. The quantitative estimate of drug-likeness (QED) is 0.496. The maximum atomic E-state index is 12.9. The number of aliphatic carboxylic acids is 1. The molecular formula is C27H34N2O5. The number of nitrogens with zero attached hydrogens (tertiary/aromatic N) is 1. The summed E-state index contributed by atoms with van der Waals surface area (Å²) in [5, 5.41) is 12.0. The highest BCUT2D eigenvalue weighted by molar-refractivity contribution is 5.82. The van der Waals surface area contributed by atoms with Gasteiger partial charge in [0, 0.05) is 24.4 Å². The molecule has 0 aromatic heterocycles. The lowest BCUT2D eigenvalue weighted by Gasteiger charge is -2.29. The molecule has 2 aromatic rings. The number of nitrogens with one attached hydrogen (secondary N) is 1. The lowest BCUT2D eigenvalue weighted by molar-refractivity contribution is -0.146. The standard InChI is InChI=1S/C27H34N2O5/c1-4-10-19(15-25(30)29(16-26(31)32)18(3)5-2)28-27(33)34-17-24-22-13-8-6-11-20(22)21-12-7-9-14-23(21)24/h6-9,11-14,18-19,24H,4-5,10,15-17H2,1-3H3,(H,28,33)(H,31,32)/t18?,19-/m1/s1. The van der Waals surface area contributed by atoms with Crippen LogP contribution in [0.15, 0.2) is 48.5 Å². The average molecular weight is 467 g/mol. The molecule has 0 fully saturated rings. The molecule has 182 valence electrons. The van der Waals surface area contributed by atoms with Gasteiger partial charge in [-0.1, -0.05) is 68.8 Å². The molecule has 2 aromatic carbocycles. The smallest absolute Gasteiger partial charge is 0.407 e. The van der Waals surface area contributed by atoms with Gasteiger partial charge in [0.05, 0.1) is 0 Å². The van der Waals surface area contributed by atoms with E-state index >= 15 is 0 Å².